The highest BCUT2D eigenvalue weighted by Gasteiger charge is 2.29. The summed E-state index contributed by atoms with van der Waals surface area (Å²) in [5, 5.41) is 0. The maximum absolute atomic E-state index is 6.05. The number of nitrogens with two attached hydrogens (primary N) is 1. The van der Waals surface area contributed by atoms with E-state index in [1.165, 1.54) is 56.3 Å². The molecule has 0 saturated carbocycles. The van der Waals surface area contributed by atoms with Gasteiger partial charge < -0.3 is 15.4 Å². The molecule has 1 aromatic rings. The van der Waals surface area contributed by atoms with Crippen molar-refractivity contribution < 1.29 is 4.74 Å². The fourth-order valence-corrected chi connectivity index (χ4v) is 3.96. The highest BCUT2D eigenvalue weighted by Crippen LogP contribution is 2.30. The number of nitrogens with zero attached hydrogens (tertiary/aromatic N) is 1. The summed E-state index contributed by atoms with van der Waals surface area (Å²) in [5.74, 6) is 1.71. The molecule has 21 heavy (non-hydrogen) atoms. The molecule has 3 heteroatoms. The number of ether oxygens (including phenoxy) is 1. The SMILES string of the molecule is COc1ccc2c(c1)CC(N1CCC(C(C)N)CC1)CC2. The molecule has 2 aliphatic rings. The maximum atomic E-state index is 6.05. The normalized spacial score (nSPS) is 25.4. The molecule has 2 unspecified atom stereocenters. The first-order chi connectivity index (χ1) is 10.2. The molecule has 1 aliphatic heterocycles. The molecule has 0 spiro atoms. The molecule has 1 saturated heterocycles. The van der Waals surface area contributed by atoms with Gasteiger partial charge >= 0.3 is 0 Å². The zero-order valence-corrected chi connectivity index (χ0v) is 13.3. The van der Waals surface area contributed by atoms with E-state index >= 15 is 0 Å². The zero-order valence-electron chi connectivity index (χ0n) is 13.3. The van der Waals surface area contributed by atoms with E-state index in [1.54, 1.807) is 7.11 Å². The van der Waals surface area contributed by atoms with Crippen LogP contribution >= 0.6 is 0 Å². The van der Waals surface area contributed by atoms with Crippen molar-refractivity contribution in [2.75, 3.05) is 20.2 Å². The largest absolute Gasteiger partial charge is 0.497 e. The third-order valence-corrected chi connectivity index (χ3v) is 5.45. The number of hydrogen-bond acceptors (Lipinski definition) is 3. The smallest absolute Gasteiger partial charge is 0.119 e. The summed E-state index contributed by atoms with van der Waals surface area (Å²) in [7, 11) is 1.75. The molecule has 2 N–H and O–H groups in total. The fraction of sp³-hybridized carbons (Fsp3) is 0.667. The van der Waals surface area contributed by atoms with Gasteiger partial charge in [0.25, 0.3) is 0 Å². The van der Waals surface area contributed by atoms with Crippen LogP contribution in [0.3, 0.4) is 0 Å². The lowest BCUT2D eigenvalue weighted by Gasteiger charge is -2.40. The Morgan fingerprint density at radius 2 is 1.95 bits per heavy atom. The Hall–Kier alpha value is -1.06. The van der Waals surface area contributed by atoms with E-state index in [0.717, 1.165) is 11.7 Å². The molecule has 0 radical (unpaired) electrons. The Balaban J connectivity index is 1.64. The van der Waals surface area contributed by atoms with E-state index in [-0.39, 0.29) is 0 Å². The van der Waals surface area contributed by atoms with E-state index < -0.39 is 0 Å². The summed E-state index contributed by atoms with van der Waals surface area (Å²) in [4.78, 5) is 2.70. The van der Waals surface area contributed by atoms with Crippen molar-refractivity contribution in [2.24, 2.45) is 11.7 Å². The Bertz CT molecular complexity index is 478. The average molecular weight is 288 g/mol. The fourth-order valence-electron chi connectivity index (χ4n) is 3.96. The minimum absolute atomic E-state index is 0.350. The molecule has 0 amide bonds. The van der Waals surface area contributed by atoms with E-state index in [4.69, 9.17) is 10.5 Å². The zero-order chi connectivity index (χ0) is 14.8. The molecule has 1 fully saturated rings. The Kier molecular flexibility index (Phi) is 4.51. The Morgan fingerprint density at radius 1 is 1.19 bits per heavy atom. The van der Waals surface area contributed by atoms with Gasteiger partial charge in [-0.25, -0.2) is 0 Å². The monoisotopic (exact) mass is 288 g/mol. The number of piperidine rings is 1. The first kappa shape index (κ1) is 14.9. The van der Waals surface area contributed by atoms with Crippen LogP contribution in [-0.2, 0) is 12.8 Å². The molecule has 1 heterocycles. The summed E-state index contributed by atoms with van der Waals surface area (Å²) in [5.41, 5.74) is 9.05. The number of rotatable bonds is 3. The van der Waals surface area contributed by atoms with Gasteiger partial charge in [0, 0.05) is 12.1 Å². The molecular weight excluding hydrogens is 260 g/mol. The molecule has 2 atom stereocenters. The van der Waals surface area contributed by atoms with Crippen molar-refractivity contribution in [2.45, 2.75) is 51.1 Å². The van der Waals surface area contributed by atoms with Crippen LogP contribution in [0.1, 0.15) is 37.3 Å². The van der Waals surface area contributed by atoms with Crippen LogP contribution in [0.15, 0.2) is 18.2 Å². The molecule has 0 aromatic heterocycles. The molecule has 1 aliphatic carbocycles. The second-order valence-electron chi connectivity index (χ2n) is 6.76. The highest BCUT2D eigenvalue weighted by molar-refractivity contribution is 5.37. The van der Waals surface area contributed by atoms with E-state index in [0.29, 0.717) is 12.1 Å². The van der Waals surface area contributed by atoms with Crippen molar-refractivity contribution in [1.82, 2.24) is 4.90 Å². The quantitative estimate of drug-likeness (QED) is 0.929. The van der Waals surface area contributed by atoms with Crippen molar-refractivity contribution in [3.8, 4) is 5.75 Å². The highest BCUT2D eigenvalue weighted by atomic mass is 16.5. The minimum Gasteiger partial charge on any atom is -0.497 e. The third kappa shape index (κ3) is 3.24. The van der Waals surface area contributed by atoms with Gasteiger partial charge in [-0.2, -0.15) is 0 Å². The van der Waals surface area contributed by atoms with Crippen LogP contribution in [0.5, 0.6) is 5.75 Å². The number of methoxy groups -OCH3 is 1. The Morgan fingerprint density at radius 3 is 2.62 bits per heavy atom. The van der Waals surface area contributed by atoms with E-state index in [2.05, 4.69) is 30.0 Å². The van der Waals surface area contributed by atoms with Crippen LogP contribution in [-0.4, -0.2) is 37.2 Å². The van der Waals surface area contributed by atoms with E-state index in [9.17, 15) is 0 Å². The predicted octanol–water partition coefficient (Wildman–Crippen LogP) is 2.61. The number of likely N-dealkylation sites (tertiary alicyclic amines) is 1. The van der Waals surface area contributed by atoms with Gasteiger partial charge in [-0.15, -0.1) is 0 Å². The molecule has 3 rings (SSSR count). The summed E-state index contributed by atoms with van der Waals surface area (Å²) in [6.45, 7) is 4.59. The van der Waals surface area contributed by atoms with Crippen molar-refractivity contribution in [3.05, 3.63) is 29.3 Å². The van der Waals surface area contributed by atoms with Gasteiger partial charge in [0.1, 0.15) is 5.75 Å². The van der Waals surface area contributed by atoms with Gasteiger partial charge in [-0.3, -0.25) is 0 Å². The van der Waals surface area contributed by atoms with Crippen LogP contribution in [0, 0.1) is 5.92 Å². The lowest BCUT2D eigenvalue weighted by Crippen LogP contribution is -2.46. The number of aryl methyl sites for hydroxylation is 1. The van der Waals surface area contributed by atoms with Crippen LogP contribution in [0.2, 0.25) is 0 Å². The summed E-state index contributed by atoms with van der Waals surface area (Å²) < 4.78 is 5.37. The van der Waals surface area contributed by atoms with Crippen molar-refractivity contribution >= 4 is 0 Å². The van der Waals surface area contributed by atoms with Crippen LogP contribution in [0.25, 0.3) is 0 Å². The number of benzene rings is 1. The van der Waals surface area contributed by atoms with Crippen molar-refractivity contribution in [1.29, 1.82) is 0 Å². The van der Waals surface area contributed by atoms with Gasteiger partial charge in [-0.1, -0.05) is 6.07 Å². The van der Waals surface area contributed by atoms with Crippen LogP contribution < -0.4 is 10.5 Å². The third-order valence-electron chi connectivity index (χ3n) is 5.45. The standard InChI is InChI=1S/C18H28N2O/c1-13(19)14-7-9-20(10-8-14)17-5-3-15-4-6-18(21-2)12-16(15)11-17/h4,6,12-14,17H,3,5,7-11,19H2,1-2H3. The van der Waals surface area contributed by atoms with Crippen LogP contribution in [0.4, 0.5) is 0 Å². The molecule has 3 nitrogen and oxygen atoms in total. The molecule has 1 aromatic carbocycles. The first-order valence-electron chi connectivity index (χ1n) is 8.33. The molecular formula is C18H28N2O. The molecule has 0 bridgehead atoms. The number of hydrogen-bond donors (Lipinski definition) is 1. The lowest BCUT2D eigenvalue weighted by molar-refractivity contribution is 0.115. The van der Waals surface area contributed by atoms with Gasteiger partial charge in [0.2, 0.25) is 0 Å². The average Bonchev–Trinajstić information content (AvgIpc) is 2.53. The summed E-state index contributed by atoms with van der Waals surface area (Å²) >= 11 is 0. The summed E-state index contributed by atoms with van der Waals surface area (Å²) in [6.07, 6.45) is 6.20. The second kappa shape index (κ2) is 6.37. The maximum Gasteiger partial charge on any atom is 0.119 e. The van der Waals surface area contributed by atoms with Gasteiger partial charge in [0.15, 0.2) is 0 Å². The van der Waals surface area contributed by atoms with Gasteiger partial charge in [0.05, 0.1) is 7.11 Å². The summed E-state index contributed by atoms with van der Waals surface area (Å²) in [6, 6.07) is 7.62. The number of fused-ring (bicyclic) bond motifs is 1. The van der Waals surface area contributed by atoms with E-state index in [1.807, 2.05) is 0 Å². The minimum atomic E-state index is 0.350. The second-order valence-corrected chi connectivity index (χ2v) is 6.76. The van der Waals surface area contributed by atoms with Crippen molar-refractivity contribution in [3.63, 3.8) is 0 Å². The first-order valence-corrected chi connectivity index (χ1v) is 8.33. The predicted molar refractivity (Wildman–Crippen MR) is 86.8 cm³/mol. The molecule has 116 valence electrons. The topological polar surface area (TPSA) is 38.5 Å². The lowest BCUT2D eigenvalue weighted by atomic mass is 9.84. The van der Waals surface area contributed by atoms with Gasteiger partial charge in [-0.05, 0) is 81.3 Å². The Labute approximate surface area is 128 Å².